The number of carbonyl (C=O) groups excluding carboxylic acids is 2. The fraction of sp³-hybridized carbons (Fsp3) is 0.167. The minimum absolute atomic E-state index is 0.256. The van der Waals surface area contributed by atoms with Gasteiger partial charge in [0.15, 0.2) is 0 Å². The summed E-state index contributed by atoms with van der Waals surface area (Å²) in [4.78, 5) is 25.4. The van der Waals surface area contributed by atoms with E-state index in [4.69, 9.17) is 0 Å². The van der Waals surface area contributed by atoms with Crippen LogP contribution in [-0.4, -0.2) is 17.9 Å². The predicted molar refractivity (Wildman–Crippen MR) is 111 cm³/mol. The molecule has 0 saturated heterocycles. The van der Waals surface area contributed by atoms with Crippen LogP contribution in [0.3, 0.4) is 0 Å². The van der Waals surface area contributed by atoms with Crippen molar-refractivity contribution in [1.82, 2.24) is 10.6 Å². The molecule has 2 N–H and O–H groups in total. The van der Waals surface area contributed by atoms with Crippen molar-refractivity contribution in [1.29, 1.82) is 0 Å². The van der Waals surface area contributed by atoms with Gasteiger partial charge in [0, 0.05) is 18.5 Å². The first-order valence-electron chi connectivity index (χ1n) is 9.45. The quantitative estimate of drug-likeness (QED) is 0.645. The molecular weight excluding hydrogens is 367 g/mol. The zero-order chi connectivity index (χ0) is 20.6. The van der Waals surface area contributed by atoms with E-state index in [0.717, 1.165) is 11.1 Å². The Kier molecular flexibility index (Phi) is 6.74. The van der Waals surface area contributed by atoms with Crippen LogP contribution in [0.2, 0.25) is 0 Å². The van der Waals surface area contributed by atoms with Crippen LogP contribution in [-0.2, 0) is 17.8 Å². The summed E-state index contributed by atoms with van der Waals surface area (Å²) in [5, 5.41) is 5.67. The highest BCUT2D eigenvalue weighted by Crippen LogP contribution is 2.10. The van der Waals surface area contributed by atoms with Crippen LogP contribution in [0, 0.1) is 12.7 Å². The molecule has 0 aliphatic heterocycles. The van der Waals surface area contributed by atoms with Crippen molar-refractivity contribution >= 4 is 11.8 Å². The van der Waals surface area contributed by atoms with Gasteiger partial charge in [-0.2, -0.15) is 0 Å². The maximum Gasteiger partial charge on any atom is 0.251 e. The number of aryl methyl sites for hydroxylation is 1. The van der Waals surface area contributed by atoms with E-state index in [1.165, 1.54) is 6.07 Å². The maximum atomic E-state index is 13.4. The molecule has 0 saturated carbocycles. The van der Waals surface area contributed by atoms with E-state index in [2.05, 4.69) is 10.6 Å². The van der Waals surface area contributed by atoms with Crippen LogP contribution >= 0.6 is 0 Å². The number of hydrogen-bond donors (Lipinski definition) is 2. The molecule has 5 heteroatoms. The van der Waals surface area contributed by atoms with Gasteiger partial charge < -0.3 is 10.6 Å². The summed E-state index contributed by atoms with van der Waals surface area (Å²) in [6.07, 6.45) is 0.369. The third-order valence-corrected chi connectivity index (χ3v) is 4.63. The Morgan fingerprint density at radius 1 is 0.897 bits per heavy atom. The summed E-state index contributed by atoms with van der Waals surface area (Å²) in [6, 6.07) is 22.3. The SMILES string of the molecule is Cc1cc(CNC(=O)C(Cc2ccccc2)NC(=O)c2ccccc2)ccc1F. The van der Waals surface area contributed by atoms with E-state index in [1.54, 1.807) is 43.3 Å². The monoisotopic (exact) mass is 390 g/mol. The lowest BCUT2D eigenvalue weighted by molar-refractivity contribution is -0.123. The van der Waals surface area contributed by atoms with Crippen molar-refractivity contribution in [2.45, 2.75) is 25.9 Å². The normalized spacial score (nSPS) is 11.5. The van der Waals surface area contributed by atoms with E-state index >= 15 is 0 Å². The molecule has 0 aliphatic rings. The largest absolute Gasteiger partial charge is 0.350 e. The number of benzene rings is 3. The van der Waals surface area contributed by atoms with Crippen LogP contribution in [0.5, 0.6) is 0 Å². The van der Waals surface area contributed by atoms with Crippen molar-refractivity contribution < 1.29 is 14.0 Å². The molecule has 3 aromatic rings. The number of nitrogens with one attached hydrogen (secondary N) is 2. The fourth-order valence-corrected chi connectivity index (χ4v) is 3.02. The van der Waals surface area contributed by atoms with Crippen LogP contribution in [0.4, 0.5) is 4.39 Å². The first-order valence-corrected chi connectivity index (χ1v) is 9.45. The number of rotatable bonds is 7. The lowest BCUT2D eigenvalue weighted by Crippen LogP contribution is -2.47. The van der Waals surface area contributed by atoms with Crippen molar-refractivity contribution in [3.05, 3.63) is 107 Å². The molecule has 3 aromatic carbocycles. The smallest absolute Gasteiger partial charge is 0.251 e. The Hall–Kier alpha value is -3.47. The summed E-state index contributed by atoms with van der Waals surface area (Å²) in [6.45, 7) is 1.94. The first kappa shape index (κ1) is 20.3. The van der Waals surface area contributed by atoms with Crippen molar-refractivity contribution in [2.24, 2.45) is 0 Å². The highest BCUT2D eigenvalue weighted by Gasteiger charge is 2.21. The molecule has 0 heterocycles. The van der Waals surface area contributed by atoms with Crippen LogP contribution in [0.15, 0.2) is 78.9 Å². The van der Waals surface area contributed by atoms with Gasteiger partial charge in [-0.05, 0) is 41.8 Å². The van der Waals surface area contributed by atoms with Gasteiger partial charge in [0.05, 0.1) is 0 Å². The molecule has 1 atom stereocenters. The van der Waals surface area contributed by atoms with Crippen LogP contribution < -0.4 is 10.6 Å². The van der Waals surface area contributed by atoms with Gasteiger partial charge in [0.1, 0.15) is 11.9 Å². The van der Waals surface area contributed by atoms with Gasteiger partial charge in [-0.3, -0.25) is 9.59 Å². The molecule has 0 aliphatic carbocycles. The molecule has 1 unspecified atom stereocenters. The Labute approximate surface area is 169 Å². The fourth-order valence-electron chi connectivity index (χ4n) is 3.02. The molecule has 3 rings (SSSR count). The molecule has 0 radical (unpaired) electrons. The van der Waals surface area contributed by atoms with Crippen molar-refractivity contribution in [3.63, 3.8) is 0 Å². The molecule has 0 bridgehead atoms. The Balaban J connectivity index is 1.71. The minimum atomic E-state index is -0.730. The van der Waals surface area contributed by atoms with Gasteiger partial charge in [0.25, 0.3) is 5.91 Å². The molecule has 148 valence electrons. The topological polar surface area (TPSA) is 58.2 Å². The molecule has 0 spiro atoms. The Morgan fingerprint density at radius 2 is 1.55 bits per heavy atom. The molecule has 0 aromatic heterocycles. The Morgan fingerprint density at radius 3 is 2.21 bits per heavy atom. The van der Waals surface area contributed by atoms with Crippen molar-refractivity contribution in [2.75, 3.05) is 0 Å². The summed E-state index contributed by atoms with van der Waals surface area (Å²) in [5.41, 5.74) is 2.76. The predicted octanol–water partition coefficient (Wildman–Crippen LogP) is 3.79. The third-order valence-electron chi connectivity index (χ3n) is 4.63. The third kappa shape index (κ3) is 5.75. The minimum Gasteiger partial charge on any atom is -0.350 e. The number of halogens is 1. The van der Waals surface area contributed by atoms with Gasteiger partial charge in [-0.15, -0.1) is 0 Å². The maximum absolute atomic E-state index is 13.4. The second kappa shape index (κ2) is 9.64. The molecule has 2 amide bonds. The number of carbonyl (C=O) groups is 2. The average molecular weight is 390 g/mol. The zero-order valence-electron chi connectivity index (χ0n) is 16.2. The lowest BCUT2D eigenvalue weighted by Gasteiger charge is -2.19. The van der Waals surface area contributed by atoms with E-state index in [1.807, 2.05) is 36.4 Å². The van der Waals surface area contributed by atoms with Gasteiger partial charge >= 0.3 is 0 Å². The van der Waals surface area contributed by atoms with Gasteiger partial charge in [0.2, 0.25) is 5.91 Å². The summed E-state index contributed by atoms with van der Waals surface area (Å²) in [5.74, 6) is -0.878. The van der Waals surface area contributed by atoms with Crippen LogP contribution in [0.25, 0.3) is 0 Å². The molecule has 29 heavy (non-hydrogen) atoms. The van der Waals surface area contributed by atoms with Gasteiger partial charge in [-0.25, -0.2) is 4.39 Å². The van der Waals surface area contributed by atoms with Gasteiger partial charge in [-0.1, -0.05) is 60.7 Å². The summed E-state index contributed by atoms with van der Waals surface area (Å²) in [7, 11) is 0. The molecule has 0 fully saturated rings. The zero-order valence-corrected chi connectivity index (χ0v) is 16.2. The first-order chi connectivity index (χ1) is 14.0. The summed E-state index contributed by atoms with van der Waals surface area (Å²) < 4.78 is 13.4. The highest BCUT2D eigenvalue weighted by atomic mass is 19.1. The van der Waals surface area contributed by atoms with E-state index in [9.17, 15) is 14.0 Å². The molecule has 4 nitrogen and oxygen atoms in total. The average Bonchev–Trinajstić information content (AvgIpc) is 2.75. The Bertz CT molecular complexity index is 975. The standard InChI is InChI=1S/C24H23FN2O2/c1-17-14-19(12-13-21(17)25)16-26-24(29)22(15-18-8-4-2-5-9-18)27-23(28)20-10-6-3-7-11-20/h2-14,22H,15-16H2,1H3,(H,26,29)(H,27,28). The molecular formula is C24H23FN2O2. The highest BCUT2D eigenvalue weighted by molar-refractivity contribution is 5.97. The number of amides is 2. The summed E-state index contributed by atoms with van der Waals surface area (Å²) >= 11 is 0. The second-order valence-corrected chi connectivity index (χ2v) is 6.88. The number of hydrogen-bond acceptors (Lipinski definition) is 2. The van der Waals surface area contributed by atoms with Crippen molar-refractivity contribution in [3.8, 4) is 0 Å². The van der Waals surface area contributed by atoms with Crippen LogP contribution in [0.1, 0.15) is 27.0 Å². The van der Waals surface area contributed by atoms with E-state index in [-0.39, 0.29) is 24.2 Å². The van der Waals surface area contributed by atoms with E-state index < -0.39 is 6.04 Å². The lowest BCUT2D eigenvalue weighted by atomic mass is 10.0. The van der Waals surface area contributed by atoms with E-state index in [0.29, 0.717) is 17.5 Å². The second-order valence-electron chi connectivity index (χ2n) is 6.88.